The Morgan fingerprint density at radius 1 is 1.32 bits per heavy atom. The summed E-state index contributed by atoms with van der Waals surface area (Å²) in [4.78, 5) is 27.2. The van der Waals surface area contributed by atoms with Gasteiger partial charge in [-0.2, -0.15) is 0 Å². The standard InChI is InChI=1S/C18H19ClN2O4/c1-11(2)10-25-18-15(19)8-13(9-20-18)17(24)21-14-5-3-4-12(6-14)7-16(22)23/h3-6,8-9,11H,7,10H2,1-2H3,(H,21,24)(H,22,23). The molecule has 2 N–H and O–H groups in total. The minimum absolute atomic E-state index is 0.112. The van der Waals surface area contributed by atoms with Crippen molar-refractivity contribution >= 4 is 29.2 Å². The number of carbonyl (C=O) groups excluding carboxylic acids is 1. The number of halogens is 1. The van der Waals surface area contributed by atoms with Crippen LogP contribution in [0.3, 0.4) is 0 Å². The SMILES string of the molecule is CC(C)COc1ncc(C(=O)Nc2cccc(CC(=O)O)c2)cc1Cl. The quantitative estimate of drug-likeness (QED) is 0.784. The van der Waals surface area contributed by atoms with E-state index >= 15 is 0 Å². The highest BCUT2D eigenvalue weighted by Gasteiger charge is 2.12. The van der Waals surface area contributed by atoms with Gasteiger partial charge >= 0.3 is 5.97 Å². The van der Waals surface area contributed by atoms with Crippen LogP contribution in [0.4, 0.5) is 5.69 Å². The Labute approximate surface area is 150 Å². The molecule has 0 unspecified atom stereocenters. The number of anilines is 1. The molecule has 0 saturated heterocycles. The number of hydrogen-bond donors (Lipinski definition) is 2. The smallest absolute Gasteiger partial charge is 0.307 e. The average molecular weight is 363 g/mol. The van der Waals surface area contributed by atoms with Crippen LogP contribution < -0.4 is 10.1 Å². The molecule has 7 heteroatoms. The first-order valence-electron chi connectivity index (χ1n) is 7.75. The van der Waals surface area contributed by atoms with E-state index in [0.717, 1.165) is 0 Å². The predicted octanol–water partition coefficient (Wildman–Crippen LogP) is 3.65. The molecule has 0 fully saturated rings. The maximum atomic E-state index is 12.3. The minimum atomic E-state index is -0.934. The van der Waals surface area contributed by atoms with Crippen LogP contribution in [0.1, 0.15) is 29.8 Å². The number of hydrogen-bond acceptors (Lipinski definition) is 4. The number of nitrogens with one attached hydrogen (secondary N) is 1. The van der Waals surface area contributed by atoms with Crippen LogP contribution in [0.25, 0.3) is 0 Å². The first kappa shape index (κ1) is 18.7. The third-order valence-corrected chi connectivity index (χ3v) is 3.43. The van der Waals surface area contributed by atoms with Gasteiger partial charge in [-0.15, -0.1) is 0 Å². The molecule has 6 nitrogen and oxygen atoms in total. The van der Waals surface area contributed by atoms with E-state index in [1.165, 1.54) is 12.3 Å². The van der Waals surface area contributed by atoms with Crippen LogP contribution in [-0.2, 0) is 11.2 Å². The highest BCUT2D eigenvalue weighted by Crippen LogP contribution is 2.23. The number of ether oxygens (including phenoxy) is 1. The van der Waals surface area contributed by atoms with Crippen LogP contribution in [0.15, 0.2) is 36.5 Å². The van der Waals surface area contributed by atoms with Gasteiger partial charge in [0.15, 0.2) is 0 Å². The van der Waals surface area contributed by atoms with Gasteiger partial charge in [0.2, 0.25) is 5.88 Å². The number of aliphatic carboxylic acids is 1. The lowest BCUT2D eigenvalue weighted by molar-refractivity contribution is -0.136. The molecular weight excluding hydrogens is 344 g/mol. The topological polar surface area (TPSA) is 88.5 Å². The molecule has 1 aromatic carbocycles. The number of carboxylic acids is 1. The number of aromatic nitrogens is 1. The van der Waals surface area contributed by atoms with E-state index in [1.54, 1.807) is 24.3 Å². The third-order valence-electron chi connectivity index (χ3n) is 3.16. The summed E-state index contributed by atoms with van der Waals surface area (Å²) in [5.74, 6) is -0.706. The Morgan fingerprint density at radius 3 is 2.72 bits per heavy atom. The van der Waals surface area contributed by atoms with E-state index in [0.29, 0.717) is 23.8 Å². The highest BCUT2D eigenvalue weighted by molar-refractivity contribution is 6.32. The Morgan fingerprint density at radius 2 is 2.08 bits per heavy atom. The Bertz CT molecular complexity index is 777. The lowest BCUT2D eigenvalue weighted by Gasteiger charge is -2.10. The molecule has 2 aromatic rings. The van der Waals surface area contributed by atoms with Gasteiger partial charge in [-0.3, -0.25) is 9.59 Å². The molecule has 0 aliphatic rings. The molecule has 1 heterocycles. The van der Waals surface area contributed by atoms with Gasteiger partial charge in [0.05, 0.1) is 18.6 Å². The van der Waals surface area contributed by atoms with Crippen molar-refractivity contribution in [3.8, 4) is 5.88 Å². The zero-order valence-electron chi connectivity index (χ0n) is 14.0. The Kier molecular flexibility index (Phi) is 6.36. The maximum absolute atomic E-state index is 12.3. The summed E-state index contributed by atoms with van der Waals surface area (Å²) in [5, 5.41) is 11.8. The van der Waals surface area contributed by atoms with Crippen molar-refractivity contribution in [2.75, 3.05) is 11.9 Å². The maximum Gasteiger partial charge on any atom is 0.307 e. The van der Waals surface area contributed by atoms with Crippen molar-refractivity contribution in [2.45, 2.75) is 20.3 Å². The normalized spacial score (nSPS) is 10.6. The van der Waals surface area contributed by atoms with Crippen LogP contribution >= 0.6 is 11.6 Å². The molecule has 0 spiro atoms. The van der Waals surface area contributed by atoms with Gasteiger partial charge in [0, 0.05) is 11.9 Å². The van der Waals surface area contributed by atoms with Crippen molar-refractivity contribution in [1.29, 1.82) is 0 Å². The number of benzene rings is 1. The molecular formula is C18H19ClN2O4. The summed E-state index contributed by atoms with van der Waals surface area (Å²) >= 11 is 6.11. The molecule has 0 bridgehead atoms. The lowest BCUT2D eigenvalue weighted by atomic mass is 10.1. The van der Waals surface area contributed by atoms with Crippen LogP contribution in [0.2, 0.25) is 5.02 Å². The van der Waals surface area contributed by atoms with E-state index in [1.807, 2.05) is 13.8 Å². The van der Waals surface area contributed by atoms with Crippen LogP contribution in [0, 0.1) is 5.92 Å². The molecule has 25 heavy (non-hydrogen) atoms. The lowest BCUT2D eigenvalue weighted by Crippen LogP contribution is -2.13. The van der Waals surface area contributed by atoms with Gasteiger partial charge in [0.25, 0.3) is 5.91 Å². The molecule has 0 atom stereocenters. The van der Waals surface area contributed by atoms with Gasteiger partial charge in [-0.1, -0.05) is 37.6 Å². The number of amides is 1. The number of carboxylic acid groups (broad SMARTS) is 1. The summed E-state index contributed by atoms with van der Waals surface area (Å²) < 4.78 is 5.47. The fourth-order valence-electron chi connectivity index (χ4n) is 2.04. The number of rotatable bonds is 7. The summed E-state index contributed by atoms with van der Waals surface area (Å²) in [6.07, 6.45) is 1.27. The molecule has 0 saturated carbocycles. The van der Waals surface area contributed by atoms with E-state index < -0.39 is 11.9 Å². The summed E-state index contributed by atoms with van der Waals surface area (Å²) in [5.41, 5.74) is 1.38. The molecule has 1 amide bonds. The molecule has 0 aliphatic carbocycles. The summed E-state index contributed by atoms with van der Waals surface area (Å²) in [7, 11) is 0. The average Bonchev–Trinajstić information content (AvgIpc) is 2.53. The summed E-state index contributed by atoms with van der Waals surface area (Å²) in [6, 6.07) is 8.14. The second-order valence-corrected chi connectivity index (χ2v) is 6.35. The Hall–Kier alpha value is -2.60. The van der Waals surface area contributed by atoms with Crippen molar-refractivity contribution in [3.63, 3.8) is 0 Å². The third kappa shape index (κ3) is 5.76. The molecule has 132 valence electrons. The molecule has 0 radical (unpaired) electrons. The molecule has 1 aromatic heterocycles. The first-order chi connectivity index (χ1) is 11.8. The first-order valence-corrected chi connectivity index (χ1v) is 8.13. The van der Waals surface area contributed by atoms with Gasteiger partial charge in [0.1, 0.15) is 5.02 Å². The second-order valence-electron chi connectivity index (χ2n) is 5.94. The van der Waals surface area contributed by atoms with Gasteiger partial charge in [-0.05, 0) is 29.7 Å². The molecule has 0 aliphatic heterocycles. The monoisotopic (exact) mass is 362 g/mol. The fourth-order valence-corrected chi connectivity index (χ4v) is 2.26. The van der Waals surface area contributed by atoms with E-state index in [9.17, 15) is 9.59 Å². The number of pyridine rings is 1. The zero-order chi connectivity index (χ0) is 18.4. The molecule has 2 rings (SSSR count). The van der Waals surface area contributed by atoms with E-state index in [-0.39, 0.29) is 22.9 Å². The van der Waals surface area contributed by atoms with Gasteiger partial charge < -0.3 is 15.2 Å². The van der Waals surface area contributed by atoms with Crippen molar-refractivity contribution in [3.05, 3.63) is 52.7 Å². The van der Waals surface area contributed by atoms with E-state index in [4.69, 9.17) is 21.4 Å². The summed E-state index contributed by atoms with van der Waals surface area (Å²) in [6.45, 7) is 4.50. The van der Waals surface area contributed by atoms with E-state index in [2.05, 4.69) is 10.3 Å². The number of nitrogens with zero attached hydrogens (tertiary/aromatic N) is 1. The van der Waals surface area contributed by atoms with Crippen LogP contribution in [-0.4, -0.2) is 28.6 Å². The second kappa shape index (κ2) is 8.48. The van der Waals surface area contributed by atoms with Crippen molar-refractivity contribution in [1.82, 2.24) is 4.98 Å². The van der Waals surface area contributed by atoms with Crippen LogP contribution in [0.5, 0.6) is 5.88 Å². The minimum Gasteiger partial charge on any atom is -0.481 e. The largest absolute Gasteiger partial charge is 0.481 e. The number of carbonyl (C=O) groups is 2. The van der Waals surface area contributed by atoms with Gasteiger partial charge in [-0.25, -0.2) is 4.98 Å². The zero-order valence-corrected chi connectivity index (χ0v) is 14.7. The van der Waals surface area contributed by atoms with Crippen molar-refractivity contribution < 1.29 is 19.4 Å². The fraction of sp³-hybridized carbons (Fsp3) is 0.278. The predicted molar refractivity (Wildman–Crippen MR) is 95.3 cm³/mol. The Balaban J connectivity index is 2.08. The van der Waals surface area contributed by atoms with Crippen molar-refractivity contribution in [2.24, 2.45) is 5.92 Å². The highest BCUT2D eigenvalue weighted by atomic mass is 35.5.